The molecule has 0 radical (unpaired) electrons. The van der Waals surface area contributed by atoms with Gasteiger partial charge in [-0.15, -0.1) is 0 Å². The Kier molecular flexibility index (Phi) is 4.03. The molecule has 1 heterocycles. The van der Waals surface area contributed by atoms with E-state index in [1.165, 1.54) is 0 Å². The second-order valence-corrected chi connectivity index (χ2v) is 3.51. The van der Waals surface area contributed by atoms with E-state index < -0.39 is 0 Å². The third-order valence-electron chi connectivity index (χ3n) is 2.08. The second-order valence-electron chi connectivity index (χ2n) is 3.51. The van der Waals surface area contributed by atoms with E-state index in [2.05, 4.69) is 30.5 Å². The molecule has 0 saturated carbocycles. The molecule has 0 N–H and O–H groups in total. The lowest BCUT2D eigenvalue weighted by Gasteiger charge is -2.06. The normalized spacial score (nSPS) is 12.7. The van der Waals surface area contributed by atoms with Crippen molar-refractivity contribution < 1.29 is 0 Å². The maximum atomic E-state index is 4.21. The summed E-state index contributed by atoms with van der Waals surface area (Å²) in [5.41, 5.74) is 1.14. The molecule has 0 aliphatic carbocycles. The minimum atomic E-state index is 0.435. The fraction of sp³-hybridized carbons (Fsp3) is 0.333. The van der Waals surface area contributed by atoms with Crippen LogP contribution in [0.2, 0.25) is 0 Å². The van der Waals surface area contributed by atoms with Crippen molar-refractivity contribution >= 4 is 18.2 Å². The van der Waals surface area contributed by atoms with Crippen LogP contribution in [0, 0.1) is 5.92 Å². The summed E-state index contributed by atoms with van der Waals surface area (Å²) >= 11 is 0. The average Bonchev–Trinajstić information content (AvgIpc) is 2.62. The largest absolute Gasteiger partial charge is 0.242 e. The van der Waals surface area contributed by atoms with E-state index >= 15 is 0 Å². The van der Waals surface area contributed by atoms with Crippen molar-refractivity contribution in [2.45, 2.75) is 20.8 Å². The second kappa shape index (κ2) is 5.29. The summed E-state index contributed by atoms with van der Waals surface area (Å²) in [4.78, 5) is 4.21. The Morgan fingerprint density at radius 3 is 2.87 bits per heavy atom. The molecular formula is C12H17N3. The van der Waals surface area contributed by atoms with Crippen LogP contribution in [0.15, 0.2) is 35.5 Å². The van der Waals surface area contributed by atoms with Gasteiger partial charge in [-0.2, -0.15) is 5.10 Å². The van der Waals surface area contributed by atoms with Gasteiger partial charge in [-0.3, -0.25) is 0 Å². The monoisotopic (exact) mass is 203 g/mol. The number of hydrogen-bond acceptors (Lipinski definition) is 2. The van der Waals surface area contributed by atoms with E-state index in [0.29, 0.717) is 5.92 Å². The average molecular weight is 203 g/mol. The SMILES string of the molecule is C=C/C(=C\n1nccc1/N=C/C)C(C)C. The highest BCUT2D eigenvalue weighted by Gasteiger charge is 2.01. The summed E-state index contributed by atoms with van der Waals surface area (Å²) in [6.45, 7) is 9.93. The fourth-order valence-electron chi connectivity index (χ4n) is 1.22. The highest BCUT2D eigenvalue weighted by Crippen LogP contribution is 2.16. The molecule has 15 heavy (non-hydrogen) atoms. The van der Waals surface area contributed by atoms with Gasteiger partial charge < -0.3 is 0 Å². The van der Waals surface area contributed by atoms with Crippen LogP contribution in [0.3, 0.4) is 0 Å². The third kappa shape index (κ3) is 2.91. The van der Waals surface area contributed by atoms with Gasteiger partial charge in [0.1, 0.15) is 0 Å². The van der Waals surface area contributed by atoms with E-state index in [1.807, 2.05) is 25.3 Å². The van der Waals surface area contributed by atoms with Gasteiger partial charge in [0, 0.05) is 18.5 Å². The first-order chi connectivity index (χ1) is 7.19. The van der Waals surface area contributed by atoms with Crippen LogP contribution in [0.1, 0.15) is 20.8 Å². The van der Waals surface area contributed by atoms with Crippen molar-refractivity contribution in [3.05, 3.63) is 30.5 Å². The molecule has 0 unspecified atom stereocenters. The van der Waals surface area contributed by atoms with Crippen molar-refractivity contribution in [3.63, 3.8) is 0 Å². The van der Waals surface area contributed by atoms with Gasteiger partial charge in [0.25, 0.3) is 0 Å². The molecule has 80 valence electrons. The summed E-state index contributed by atoms with van der Waals surface area (Å²) in [6.07, 6.45) is 7.30. The molecule has 1 rings (SSSR count). The molecule has 0 amide bonds. The summed E-state index contributed by atoms with van der Waals surface area (Å²) in [5.74, 6) is 1.27. The Morgan fingerprint density at radius 2 is 2.33 bits per heavy atom. The Morgan fingerprint density at radius 1 is 1.60 bits per heavy atom. The lowest BCUT2D eigenvalue weighted by molar-refractivity contribution is 0.785. The van der Waals surface area contributed by atoms with Crippen LogP contribution in [0.25, 0.3) is 6.20 Å². The van der Waals surface area contributed by atoms with E-state index in [4.69, 9.17) is 0 Å². The molecule has 0 atom stereocenters. The Labute approximate surface area is 90.8 Å². The van der Waals surface area contributed by atoms with Gasteiger partial charge in [-0.25, -0.2) is 9.67 Å². The zero-order chi connectivity index (χ0) is 11.3. The number of aliphatic imine (C=N–C) groups is 1. The predicted octanol–water partition coefficient (Wildman–Crippen LogP) is 3.29. The van der Waals surface area contributed by atoms with Crippen molar-refractivity contribution in [3.8, 4) is 0 Å². The van der Waals surface area contributed by atoms with Crippen molar-refractivity contribution in [1.82, 2.24) is 9.78 Å². The summed E-state index contributed by atoms with van der Waals surface area (Å²) in [5, 5.41) is 4.18. The quantitative estimate of drug-likeness (QED) is 0.545. The molecule has 0 bridgehead atoms. The molecule has 0 aromatic carbocycles. The van der Waals surface area contributed by atoms with Crippen LogP contribution in [0.5, 0.6) is 0 Å². The van der Waals surface area contributed by atoms with E-state index in [-0.39, 0.29) is 0 Å². The van der Waals surface area contributed by atoms with Crippen LogP contribution < -0.4 is 0 Å². The molecule has 0 saturated heterocycles. The highest BCUT2D eigenvalue weighted by molar-refractivity contribution is 5.59. The maximum absolute atomic E-state index is 4.21. The van der Waals surface area contributed by atoms with Crippen LogP contribution >= 0.6 is 0 Å². The predicted molar refractivity (Wildman–Crippen MR) is 65.4 cm³/mol. The first-order valence-corrected chi connectivity index (χ1v) is 5.05. The minimum absolute atomic E-state index is 0.435. The highest BCUT2D eigenvalue weighted by atomic mass is 15.3. The van der Waals surface area contributed by atoms with Gasteiger partial charge in [0.15, 0.2) is 5.82 Å². The molecule has 0 fully saturated rings. The fourth-order valence-corrected chi connectivity index (χ4v) is 1.22. The lowest BCUT2D eigenvalue weighted by Crippen LogP contribution is -1.95. The van der Waals surface area contributed by atoms with Crippen molar-refractivity contribution in [2.75, 3.05) is 0 Å². The number of allylic oxidation sites excluding steroid dienone is 2. The van der Waals surface area contributed by atoms with Gasteiger partial charge in [0.05, 0.1) is 6.20 Å². The zero-order valence-electron chi connectivity index (χ0n) is 9.51. The maximum Gasteiger partial charge on any atom is 0.154 e. The first-order valence-electron chi connectivity index (χ1n) is 5.05. The van der Waals surface area contributed by atoms with Gasteiger partial charge in [-0.05, 0) is 18.4 Å². The van der Waals surface area contributed by atoms with E-state index in [9.17, 15) is 0 Å². The Balaban J connectivity index is 3.05. The van der Waals surface area contributed by atoms with Crippen molar-refractivity contribution in [1.29, 1.82) is 0 Å². The molecule has 0 aliphatic heterocycles. The van der Waals surface area contributed by atoms with Gasteiger partial charge in [-0.1, -0.05) is 26.5 Å². The number of aromatic nitrogens is 2. The summed E-state index contributed by atoms with van der Waals surface area (Å²) in [7, 11) is 0. The Bertz CT molecular complexity index is 383. The Hall–Kier alpha value is -1.64. The molecular weight excluding hydrogens is 186 g/mol. The first kappa shape index (κ1) is 11.4. The van der Waals surface area contributed by atoms with E-state index in [0.717, 1.165) is 11.4 Å². The van der Waals surface area contributed by atoms with Crippen LogP contribution in [-0.2, 0) is 0 Å². The molecule has 1 aromatic heterocycles. The molecule has 1 aromatic rings. The van der Waals surface area contributed by atoms with Crippen LogP contribution in [0.4, 0.5) is 5.82 Å². The standard InChI is InChI=1S/C12H17N3/c1-5-11(10(3)4)9-15-12(13-6-2)7-8-14-15/h5-10H,1H2,2-4H3/b11-9+,13-6+. The minimum Gasteiger partial charge on any atom is -0.242 e. The van der Waals surface area contributed by atoms with Crippen LogP contribution in [-0.4, -0.2) is 16.0 Å². The third-order valence-corrected chi connectivity index (χ3v) is 2.08. The number of rotatable bonds is 4. The molecule has 3 heteroatoms. The summed E-state index contributed by atoms with van der Waals surface area (Å²) < 4.78 is 1.76. The smallest absolute Gasteiger partial charge is 0.154 e. The molecule has 0 aliphatic rings. The van der Waals surface area contributed by atoms with Crippen molar-refractivity contribution in [2.24, 2.45) is 10.9 Å². The molecule has 0 spiro atoms. The lowest BCUT2D eigenvalue weighted by atomic mass is 10.1. The number of nitrogens with zero attached hydrogens (tertiary/aromatic N) is 3. The van der Waals surface area contributed by atoms with E-state index in [1.54, 1.807) is 17.1 Å². The number of hydrogen-bond donors (Lipinski definition) is 0. The van der Waals surface area contributed by atoms with Gasteiger partial charge >= 0.3 is 0 Å². The topological polar surface area (TPSA) is 30.2 Å². The summed E-state index contributed by atoms with van der Waals surface area (Å²) in [6, 6.07) is 1.87. The zero-order valence-corrected chi connectivity index (χ0v) is 9.51. The van der Waals surface area contributed by atoms with Gasteiger partial charge in [0.2, 0.25) is 0 Å². The molecule has 3 nitrogen and oxygen atoms in total.